The van der Waals surface area contributed by atoms with E-state index >= 15 is 0 Å². The first kappa shape index (κ1) is 22.2. The smallest absolute Gasteiger partial charge is 0.321 e. The van der Waals surface area contributed by atoms with Crippen molar-refractivity contribution in [3.05, 3.63) is 78.4 Å². The van der Waals surface area contributed by atoms with E-state index in [1.165, 1.54) is 0 Å². The number of ether oxygens (including phenoxy) is 2. The molecule has 1 N–H and O–H groups in total. The highest BCUT2D eigenvalue weighted by atomic mass is 16.5. The Morgan fingerprint density at radius 2 is 1.65 bits per heavy atom. The van der Waals surface area contributed by atoms with Gasteiger partial charge in [-0.25, -0.2) is 4.79 Å². The van der Waals surface area contributed by atoms with Crippen LogP contribution < -0.4 is 19.7 Å². The largest absolute Gasteiger partial charge is 0.497 e. The van der Waals surface area contributed by atoms with Crippen molar-refractivity contribution in [3.63, 3.8) is 0 Å². The van der Waals surface area contributed by atoms with E-state index < -0.39 is 0 Å². The maximum atomic E-state index is 12.6. The fourth-order valence-corrected chi connectivity index (χ4v) is 3.22. The minimum Gasteiger partial charge on any atom is -0.497 e. The molecule has 5 nitrogen and oxygen atoms in total. The number of hydrogen-bond donors (Lipinski definition) is 1. The third-order valence-electron chi connectivity index (χ3n) is 5.03. The Morgan fingerprint density at radius 1 is 0.935 bits per heavy atom. The third-order valence-corrected chi connectivity index (χ3v) is 5.03. The molecule has 0 fully saturated rings. The van der Waals surface area contributed by atoms with Crippen molar-refractivity contribution in [2.45, 2.75) is 19.8 Å². The van der Waals surface area contributed by atoms with Gasteiger partial charge < -0.3 is 14.8 Å². The van der Waals surface area contributed by atoms with Crippen LogP contribution in [0.25, 0.3) is 11.1 Å². The molecule has 0 unspecified atom stereocenters. The monoisotopic (exact) mass is 418 g/mol. The van der Waals surface area contributed by atoms with Gasteiger partial charge in [-0.05, 0) is 65.9 Å². The summed E-state index contributed by atoms with van der Waals surface area (Å²) in [6.45, 7) is 3.35. The molecule has 0 spiro atoms. The Morgan fingerprint density at radius 3 is 2.35 bits per heavy atom. The molecule has 162 valence electrons. The van der Waals surface area contributed by atoms with E-state index in [4.69, 9.17) is 9.47 Å². The first-order valence-electron chi connectivity index (χ1n) is 10.6. The summed E-state index contributed by atoms with van der Waals surface area (Å²) in [6.07, 6.45) is 1.73. The van der Waals surface area contributed by atoms with Crippen molar-refractivity contribution < 1.29 is 14.3 Å². The first-order valence-corrected chi connectivity index (χ1v) is 10.6. The average Bonchev–Trinajstić information content (AvgIpc) is 2.83. The summed E-state index contributed by atoms with van der Waals surface area (Å²) in [7, 11) is 3.43. The van der Waals surface area contributed by atoms with Crippen LogP contribution in [0.5, 0.6) is 11.5 Å². The van der Waals surface area contributed by atoms with Gasteiger partial charge in [-0.3, -0.25) is 4.90 Å². The van der Waals surface area contributed by atoms with E-state index in [2.05, 4.69) is 12.2 Å². The lowest BCUT2D eigenvalue weighted by Crippen LogP contribution is -2.38. The zero-order valence-electron chi connectivity index (χ0n) is 18.4. The molecule has 0 bridgehead atoms. The Balaban J connectivity index is 1.61. The Kier molecular flexibility index (Phi) is 7.93. The highest BCUT2D eigenvalue weighted by molar-refractivity contribution is 5.92. The highest BCUT2D eigenvalue weighted by Gasteiger charge is 2.11. The maximum absolute atomic E-state index is 12.6. The van der Waals surface area contributed by atoms with E-state index in [0.29, 0.717) is 13.2 Å². The standard InChI is InChI=1S/C26H30N2O3/c1-4-17-31-25-10-6-8-22(19-25)21-7-5-9-23(18-21)28(2)26(29)27-16-15-20-11-13-24(30-3)14-12-20/h5-14,18-19H,4,15-17H2,1-3H3,(H,27,29). The van der Waals surface area contributed by atoms with Crippen molar-refractivity contribution >= 4 is 11.7 Å². The molecule has 0 saturated heterocycles. The number of methoxy groups -OCH3 is 1. The molecular formula is C26H30N2O3. The molecule has 0 heterocycles. The van der Waals surface area contributed by atoms with Gasteiger partial charge in [0, 0.05) is 19.3 Å². The normalized spacial score (nSPS) is 10.4. The lowest BCUT2D eigenvalue weighted by molar-refractivity contribution is 0.247. The van der Waals surface area contributed by atoms with Crippen molar-refractivity contribution in [1.29, 1.82) is 0 Å². The number of urea groups is 1. The van der Waals surface area contributed by atoms with Gasteiger partial charge in [-0.2, -0.15) is 0 Å². The zero-order chi connectivity index (χ0) is 22.1. The van der Waals surface area contributed by atoms with Crippen molar-refractivity contribution in [2.24, 2.45) is 0 Å². The number of carbonyl (C=O) groups excluding carboxylic acids is 1. The quantitative estimate of drug-likeness (QED) is 0.496. The second-order valence-electron chi connectivity index (χ2n) is 7.32. The summed E-state index contributed by atoms with van der Waals surface area (Å²) in [4.78, 5) is 14.3. The van der Waals surface area contributed by atoms with Gasteiger partial charge in [0.25, 0.3) is 0 Å². The van der Waals surface area contributed by atoms with Gasteiger partial charge in [-0.1, -0.05) is 43.3 Å². The molecule has 0 aliphatic carbocycles. The van der Waals surface area contributed by atoms with Crippen molar-refractivity contribution in [1.82, 2.24) is 5.32 Å². The van der Waals surface area contributed by atoms with Crippen LogP contribution in [0, 0.1) is 0 Å². The molecule has 31 heavy (non-hydrogen) atoms. The molecule has 3 aromatic rings. The van der Waals surface area contributed by atoms with Gasteiger partial charge in [-0.15, -0.1) is 0 Å². The summed E-state index contributed by atoms with van der Waals surface area (Å²) >= 11 is 0. The van der Waals surface area contributed by atoms with Crippen molar-refractivity contribution in [2.75, 3.05) is 32.2 Å². The predicted molar refractivity (Wildman–Crippen MR) is 126 cm³/mol. The fourth-order valence-electron chi connectivity index (χ4n) is 3.22. The van der Waals surface area contributed by atoms with Crippen LogP contribution in [0.3, 0.4) is 0 Å². The summed E-state index contributed by atoms with van der Waals surface area (Å²) in [6, 6.07) is 23.7. The van der Waals surface area contributed by atoms with Crippen molar-refractivity contribution in [3.8, 4) is 22.6 Å². The third kappa shape index (κ3) is 6.25. The number of hydrogen-bond acceptors (Lipinski definition) is 3. The Bertz CT molecular complexity index is 986. The first-order chi connectivity index (χ1) is 15.1. The van der Waals surface area contributed by atoms with Gasteiger partial charge in [0.2, 0.25) is 0 Å². The molecule has 0 saturated carbocycles. The van der Waals surface area contributed by atoms with Crippen LogP contribution >= 0.6 is 0 Å². The van der Waals surface area contributed by atoms with Crippen LogP contribution in [0.4, 0.5) is 10.5 Å². The topological polar surface area (TPSA) is 50.8 Å². The van der Waals surface area contributed by atoms with Gasteiger partial charge in [0.15, 0.2) is 0 Å². The Hall–Kier alpha value is -3.47. The predicted octanol–water partition coefficient (Wildman–Crippen LogP) is 5.54. The van der Waals surface area contributed by atoms with Gasteiger partial charge in [0.05, 0.1) is 13.7 Å². The summed E-state index contributed by atoms with van der Waals surface area (Å²) in [5.74, 6) is 1.68. The second-order valence-corrected chi connectivity index (χ2v) is 7.32. The van der Waals surface area contributed by atoms with Crippen LogP contribution in [-0.2, 0) is 6.42 Å². The molecule has 0 aromatic heterocycles. The van der Waals surface area contributed by atoms with Crippen LogP contribution in [0.2, 0.25) is 0 Å². The van der Waals surface area contributed by atoms with E-state index in [-0.39, 0.29) is 6.03 Å². The lowest BCUT2D eigenvalue weighted by atomic mass is 10.0. The fraction of sp³-hybridized carbons (Fsp3) is 0.269. The lowest BCUT2D eigenvalue weighted by Gasteiger charge is -2.19. The second kappa shape index (κ2) is 11.1. The molecule has 2 amide bonds. The maximum Gasteiger partial charge on any atom is 0.321 e. The van der Waals surface area contributed by atoms with Gasteiger partial charge >= 0.3 is 6.03 Å². The highest BCUT2D eigenvalue weighted by Crippen LogP contribution is 2.27. The summed E-state index contributed by atoms with van der Waals surface area (Å²) in [5, 5.41) is 2.99. The number of nitrogens with zero attached hydrogens (tertiary/aromatic N) is 1. The minimum atomic E-state index is -0.134. The number of anilines is 1. The zero-order valence-corrected chi connectivity index (χ0v) is 18.4. The van der Waals surface area contributed by atoms with Crippen LogP contribution in [0.1, 0.15) is 18.9 Å². The molecule has 3 aromatic carbocycles. The summed E-state index contributed by atoms with van der Waals surface area (Å²) in [5.41, 5.74) is 4.08. The SMILES string of the molecule is CCCOc1cccc(-c2cccc(N(C)C(=O)NCCc3ccc(OC)cc3)c2)c1. The molecule has 0 aliphatic heterocycles. The van der Waals surface area contributed by atoms with Gasteiger partial charge in [0.1, 0.15) is 11.5 Å². The minimum absolute atomic E-state index is 0.134. The average molecular weight is 419 g/mol. The van der Waals surface area contributed by atoms with E-state index in [9.17, 15) is 4.79 Å². The van der Waals surface area contributed by atoms with E-state index in [1.807, 2.05) is 72.8 Å². The molecule has 0 aliphatic rings. The number of nitrogens with one attached hydrogen (secondary N) is 1. The number of amides is 2. The molecule has 5 heteroatoms. The number of benzene rings is 3. The van der Waals surface area contributed by atoms with Crippen LogP contribution in [-0.4, -0.2) is 33.3 Å². The Labute approximate surface area is 184 Å². The van der Waals surface area contributed by atoms with E-state index in [0.717, 1.165) is 46.7 Å². The molecule has 0 radical (unpaired) electrons. The molecule has 3 rings (SSSR count). The van der Waals surface area contributed by atoms with Crippen LogP contribution in [0.15, 0.2) is 72.8 Å². The number of carbonyl (C=O) groups is 1. The molecular weight excluding hydrogens is 388 g/mol. The number of rotatable bonds is 9. The molecule has 0 atom stereocenters. The van der Waals surface area contributed by atoms with E-state index in [1.54, 1.807) is 19.1 Å². The summed E-state index contributed by atoms with van der Waals surface area (Å²) < 4.78 is 10.9.